The summed E-state index contributed by atoms with van der Waals surface area (Å²) >= 11 is 0. The highest BCUT2D eigenvalue weighted by Crippen LogP contribution is 2.10. The summed E-state index contributed by atoms with van der Waals surface area (Å²) < 4.78 is 1.41. The van der Waals surface area contributed by atoms with Crippen LogP contribution in [0.25, 0.3) is 0 Å². The average Bonchev–Trinajstić information content (AvgIpc) is 2.22. The first-order valence-electron chi connectivity index (χ1n) is 5.05. The molecule has 88 valence electrons. The largest absolute Gasteiger partial charge is 0.394 e. The van der Waals surface area contributed by atoms with Gasteiger partial charge in [-0.25, -0.2) is 0 Å². The number of carbonyl (C=O) groups excluding carboxylic acids is 1. The number of nitrogens with zero attached hydrogens (tertiary/aromatic N) is 2. The predicted molar refractivity (Wildman–Crippen MR) is 63.3 cm³/mol. The number of amides is 1. The smallest absolute Gasteiger partial charge is 0.274 e. The number of hydrogen-bond acceptors (Lipinski definition) is 3. The van der Waals surface area contributed by atoms with Crippen LogP contribution in [0.5, 0.6) is 0 Å². The van der Waals surface area contributed by atoms with Crippen molar-refractivity contribution in [2.75, 3.05) is 19.8 Å². The maximum Gasteiger partial charge on any atom is 0.274 e. The first-order valence-corrected chi connectivity index (χ1v) is 5.05. The summed E-state index contributed by atoms with van der Waals surface area (Å²) in [6.45, 7) is 3.47. The molecule has 1 atom stereocenters. The third kappa shape index (κ3) is 2.08. The van der Waals surface area contributed by atoms with E-state index in [0.29, 0.717) is 0 Å². The number of nitrogens with two attached hydrogens (primary N) is 1. The van der Waals surface area contributed by atoms with Crippen molar-refractivity contribution < 1.29 is 4.79 Å². The normalized spacial score (nSPS) is 12.2. The Hall–Kier alpha value is -1.78. The van der Waals surface area contributed by atoms with E-state index in [9.17, 15) is 9.59 Å². The molecule has 0 aliphatic carbocycles. The third-order valence-corrected chi connectivity index (χ3v) is 2.54. The summed E-state index contributed by atoms with van der Waals surface area (Å²) in [7, 11) is 3.32. The van der Waals surface area contributed by atoms with E-state index in [-0.39, 0.29) is 17.2 Å². The van der Waals surface area contributed by atoms with E-state index in [1.807, 2.05) is 0 Å². The van der Waals surface area contributed by atoms with Gasteiger partial charge in [0.15, 0.2) is 0 Å². The molecule has 2 N–H and O–H groups in total. The van der Waals surface area contributed by atoms with Crippen LogP contribution in [-0.4, -0.2) is 29.5 Å². The molecule has 5 nitrogen and oxygen atoms in total. The van der Waals surface area contributed by atoms with Crippen molar-refractivity contribution in [3.8, 4) is 0 Å². The zero-order valence-electron chi connectivity index (χ0n) is 10.0. The molecular formula is C11H17N3O2. The number of rotatable bonds is 2. The van der Waals surface area contributed by atoms with Gasteiger partial charge in [-0.15, -0.1) is 0 Å². The second kappa shape index (κ2) is 4.38. The van der Waals surface area contributed by atoms with Crippen molar-refractivity contribution in [1.29, 1.82) is 0 Å². The Balaban J connectivity index is 3.28. The molecule has 1 aromatic rings. The van der Waals surface area contributed by atoms with E-state index in [0.717, 1.165) is 5.69 Å². The molecule has 16 heavy (non-hydrogen) atoms. The Morgan fingerprint density at radius 3 is 2.50 bits per heavy atom. The van der Waals surface area contributed by atoms with Gasteiger partial charge in [0.2, 0.25) is 5.91 Å². The highest BCUT2D eigenvalue weighted by atomic mass is 16.2. The van der Waals surface area contributed by atoms with Gasteiger partial charge in [0.25, 0.3) is 5.56 Å². The predicted octanol–water partition coefficient (Wildman–Crippen LogP) is 0.388. The van der Waals surface area contributed by atoms with Crippen molar-refractivity contribution in [3.05, 3.63) is 28.2 Å². The second-order valence-electron chi connectivity index (χ2n) is 4.01. The molecule has 0 fully saturated rings. The Labute approximate surface area is 94.5 Å². The highest BCUT2D eigenvalue weighted by molar-refractivity contribution is 5.79. The van der Waals surface area contributed by atoms with Gasteiger partial charge >= 0.3 is 0 Å². The van der Waals surface area contributed by atoms with Crippen LogP contribution in [-0.2, 0) is 4.79 Å². The van der Waals surface area contributed by atoms with Gasteiger partial charge in [0.05, 0.1) is 5.69 Å². The van der Waals surface area contributed by atoms with Crippen molar-refractivity contribution in [2.24, 2.45) is 0 Å². The monoisotopic (exact) mass is 223 g/mol. The van der Waals surface area contributed by atoms with Crippen LogP contribution in [0, 0.1) is 6.92 Å². The molecule has 0 radical (unpaired) electrons. The van der Waals surface area contributed by atoms with Gasteiger partial charge in [-0.05, 0) is 26.0 Å². The number of aromatic nitrogens is 1. The summed E-state index contributed by atoms with van der Waals surface area (Å²) in [4.78, 5) is 25.1. The minimum absolute atomic E-state index is 0.129. The first-order chi connectivity index (χ1) is 7.36. The summed E-state index contributed by atoms with van der Waals surface area (Å²) in [5.41, 5.74) is 6.11. The first kappa shape index (κ1) is 12.3. The summed E-state index contributed by atoms with van der Waals surface area (Å²) in [6, 6.07) is 2.75. The summed E-state index contributed by atoms with van der Waals surface area (Å²) in [5, 5.41) is 0. The molecule has 1 amide bonds. The van der Waals surface area contributed by atoms with E-state index in [4.69, 9.17) is 5.73 Å². The Bertz CT molecular complexity index is 463. The average molecular weight is 223 g/mol. The molecule has 1 unspecified atom stereocenters. The van der Waals surface area contributed by atoms with Gasteiger partial charge in [0, 0.05) is 19.8 Å². The van der Waals surface area contributed by atoms with Crippen LogP contribution < -0.4 is 11.3 Å². The van der Waals surface area contributed by atoms with Gasteiger partial charge in [-0.3, -0.25) is 14.2 Å². The minimum atomic E-state index is -0.536. The van der Waals surface area contributed by atoms with E-state index < -0.39 is 6.04 Å². The Kier molecular flexibility index (Phi) is 3.37. The van der Waals surface area contributed by atoms with Gasteiger partial charge in [-0.1, -0.05) is 0 Å². The van der Waals surface area contributed by atoms with Crippen molar-refractivity contribution in [2.45, 2.75) is 19.9 Å². The lowest BCUT2D eigenvalue weighted by Gasteiger charge is -2.21. The lowest BCUT2D eigenvalue weighted by Crippen LogP contribution is -2.36. The molecule has 0 aromatic carbocycles. The van der Waals surface area contributed by atoms with Crippen LogP contribution in [0.4, 0.5) is 5.69 Å². The summed E-state index contributed by atoms with van der Waals surface area (Å²) in [5.74, 6) is -0.129. The van der Waals surface area contributed by atoms with Crippen LogP contribution in [0.15, 0.2) is 16.9 Å². The van der Waals surface area contributed by atoms with Crippen LogP contribution in [0.3, 0.4) is 0 Å². The molecule has 5 heteroatoms. The molecule has 0 saturated carbocycles. The number of carbonyl (C=O) groups is 1. The topological polar surface area (TPSA) is 68.3 Å². The molecular weight excluding hydrogens is 206 g/mol. The maximum absolute atomic E-state index is 11.8. The van der Waals surface area contributed by atoms with Crippen LogP contribution in [0.1, 0.15) is 18.7 Å². The second-order valence-corrected chi connectivity index (χ2v) is 4.01. The number of pyridine rings is 1. The van der Waals surface area contributed by atoms with E-state index in [1.54, 1.807) is 40.1 Å². The third-order valence-electron chi connectivity index (χ3n) is 2.54. The van der Waals surface area contributed by atoms with Crippen LogP contribution >= 0.6 is 0 Å². The number of aryl methyl sites for hydroxylation is 1. The SMILES string of the molecule is Cc1ccc(N)c(=O)n1C(C)C(=O)N(C)C. The fourth-order valence-electron chi connectivity index (χ4n) is 1.63. The molecule has 0 aliphatic rings. The lowest BCUT2D eigenvalue weighted by molar-refractivity contribution is -0.131. The zero-order chi connectivity index (χ0) is 12.5. The fraction of sp³-hybridized carbons (Fsp3) is 0.455. The van der Waals surface area contributed by atoms with Crippen LogP contribution in [0.2, 0.25) is 0 Å². The number of likely N-dealkylation sites (N-methyl/N-ethyl adjacent to an activating group) is 1. The van der Waals surface area contributed by atoms with E-state index >= 15 is 0 Å². The van der Waals surface area contributed by atoms with E-state index in [1.165, 1.54) is 9.47 Å². The number of hydrogen-bond donors (Lipinski definition) is 1. The molecule has 0 spiro atoms. The molecule has 1 rings (SSSR count). The zero-order valence-corrected chi connectivity index (χ0v) is 10.0. The summed E-state index contributed by atoms with van der Waals surface area (Å²) in [6.07, 6.45) is 0. The Morgan fingerprint density at radius 2 is 2.00 bits per heavy atom. The molecule has 1 aromatic heterocycles. The highest BCUT2D eigenvalue weighted by Gasteiger charge is 2.19. The van der Waals surface area contributed by atoms with E-state index in [2.05, 4.69) is 0 Å². The van der Waals surface area contributed by atoms with Gasteiger partial charge in [0.1, 0.15) is 6.04 Å². The number of nitrogen functional groups attached to an aromatic ring is 1. The molecule has 0 saturated heterocycles. The lowest BCUT2D eigenvalue weighted by atomic mass is 10.2. The van der Waals surface area contributed by atoms with Crippen molar-refractivity contribution >= 4 is 11.6 Å². The van der Waals surface area contributed by atoms with Gasteiger partial charge < -0.3 is 10.6 Å². The van der Waals surface area contributed by atoms with Gasteiger partial charge in [-0.2, -0.15) is 0 Å². The molecule has 0 aliphatic heterocycles. The standard InChI is InChI=1S/C11H17N3O2/c1-7-5-6-9(12)11(16)14(7)8(2)10(15)13(3)4/h5-6,8H,12H2,1-4H3. The Morgan fingerprint density at radius 1 is 1.44 bits per heavy atom. The number of anilines is 1. The molecule has 1 heterocycles. The van der Waals surface area contributed by atoms with Crippen molar-refractivity contribution in [3.63, 3.8) is 0 Å². The fourth-order valence-corrected chi connectivity index (χ4v) is 1.63. The van der Waals surface area contributed by atoms with Crippen molar-refractivity contribution in [1.82, 2.24) is 9.47 Å². The minimum Gasteiger partial charge on any atom is -0.394 e. The molecule has 0 bridgehead atoms. The maximum atomic E-state index is 11.8. The quantitative estimate of drug-likeness (QED) is 0.788.